The molecule has 4 nitrogen and oxygen atoms in total. The van der Waals surface area contributed by atoms with Gasteiger partial charge in [-0.25, -0.2) is 4.68 Å². The Morgan fingerprint density at radius 1 is 1.60 bits per heavy atom. The monoisotopic (exact) mass is 242 g/mol. The van der Waals surface area contributed by atoms with Gasteiger partial charge in [-0.05, 0) is 0 Å². The summed E-state index contributed by atoms with van der Waals surface area (Å²) in [5, 5.41) is 2.85. The van der Waals surface area contributed by atoms with Crippen molar-refractivity contribution in [3.63, 3.8) is 0 Å². The second-order valence-corrected chi connectivity index (χ2v) is 2.98. The second-order valence-electron chi connectivity index (χ2n) is 2.60. The highest BCUT2D eigenvalue weighted by atomic mass is 35.5. The highest BCUT2D eigenvalue weighted by Crippen LogP contribution is 2.19. The number of ether oxygens (including phenoxy) is 1. The smallest absolute Gasteiger partial charge is 0.408 e. The van der Waals surface area contributed by atoms with Crippen LogP contribution in [0.2, 0.25) is 5.02 Å². The zero-order valence-electron chi connectivity index (χ0n) is 7.51. The quantitative estimate of drug-likeness (QED) is 0.789. The summed E-state index contributed by atoms with van der Waals surface area (Å²) in [5.41, 5.74) is -1.03. The number of aromatic nitrogens is 2. The summed E-state index contributed by atoms with van der Waals surface area (Å²) in [4.78, 5) is 11.2. The van der Waals surface area contributed by atoms with E-state index in [1.165, 1.54) is 7.11 Å². The maximum absolute atomic E-state index is 12.0. The van der Waals surface area contributed by atoms with Crippen molar-refractivity contribution in [3.05, 3.63) is 21.6 Å². The summed E-state index contributed by atoms with van der Waals surface area (Å²) in [6.45, 7) is -1.48. The fourth-order valence-electron chi connectivity index (χ4n) is 0.875. The van der Waals surface area contributed by atoms with Crippen LogP contribution < -0.4 is 10.3 Å². The molecule has 0 aliphatic carbocycles. The van der Waals surface area contributed by atoms with E-state index >= 15 is 0 Å². The third-order valence-corrected chi connectivity index (χ3v) is 1.85. The third kappa shape index (κ3) is 2.85. The standard InChI is InChI=1S/C7H6ClF3N2O2/c1-15-4-2-12-13(3-7(9,10)11)6(14)5(4)8/h2H,3H2,1H3. The van der Waals surface area contributed by atoms with Crippen molar-refractivity contribution in [2.24, 2.45) is 0 Å². The van der Waals surface area contributed by atoms with Crippen molar-refractivity contribution in [3.8, 4) is 5.75 Å². The molecule has 0 saturated carbocycles. The van der Waals surface area contributed by atoms with Gasteiger partial charge < -0.3 is 4.74 Å². The molecule has 8 heteroatoms. The fourth-order valence-corrected chi connectivity index (χ4v) is 1.10. The highest BCUT2D eigenvalue weighted by Gasteiger charge is 2.29. The first-order chi connectivity index (χ1) is 6.85. The fraction of sp³-hybridized carbons (Fsp3) is 0.429. The van der Waals surface area contributed by atoms with Gasteiger partial charge in [-0.3, -0.25) is 4.79 Å². The SMILES string of the molecule is COc1cnn(CC(F)(F)F)c(=O)c1Cl. The largest absolute Gasteiger partial charge is 0.493 e. The minimum atomic E-state index is -4.52. The molecule has 0 spiro atoms. The average Bonchev–Trinajstić information content (AvgIpc) is 2.11. The highest BCUT2D eigenvalue weighted by molar-refractivity contribution is 6.31. The Labute approximate surface area is 87.2 Å². The molecule has 0 amide bonds. The molecule has 0 aliphatic rings. The number of hydrogen-bond acceptors (Lipinski definition) is 3. The number of methoxy groups -OCH3 is 1. The summed E-state index contributed by atoms with van der Waals surface area (Å²) in [6.07, 6.45) is -3.57. The van der Waals surface area contributed by atoms with E-state index in [1.807, 2.05) is 0 Å². The molecule has 1 aromatic rings. The molecule has 0 unspecified atom stereocenters. The normalized spacial score (nSPS) is 11.5. The Bertz CT molecular complexity index is 416. The maximum atomic E-state index is 12.0. The Morgan fingerprint density at radius 3 is 2.67 bits per heavy atom. The number of alkyl halides is 3. The van der Waals surface area contributed by atoms with Crippen LogP contribution in [0.4, 0.5) is 13.2 Å². The molecular formula is C7H6ClF3N2O2. The van der Waals surface area contributed by atoms with Crippen molar-refractivity contribution >= 4 is 11.6 Å². The number of halogens is 4. The van der Waals surface area contributed by atoms with Crippen LogP contribution in [0.15, 0.2) is 11.0 Å². The molecule has 1 rings (SSSR count). The molecule has 0 atom stereocenters. The van der Waals surface area contributed by atoms with Gasteiger partial charge >= 0.3 is 6.18 Å². The summed E-state index contributed by atoms with van der Waals surface area (Å²) in [7, 11) is 1.23. The Morgan fingerprint density at radius 2 is 2.20 bits per heavy atom. The molecule has 1 heterocycles. The molecule has 0 bridgehead atoms. The first kappa shape index (κ1) is 11.8. The van der Waals surface area contributed by atoms with Crippen molar-refractivity contribution < 1.29 is 17.9 Å². The molecule has 84 valence electrons. The number of hydrogen-bond donors (Lipinski definition) is 0. The van der Waals surface area contributed by atoms with Gasteiger partial charge in [0.1, 0.15) is 6.54 Å². The summed E-state index contributed by atoms with van der Waals surface area (Å²) >= 11 is 5.46. The van der Waals surface area contributed by atoms with Crippen LogP contribution in [0.25, 0.3) is 0 Å². The van der Waals surface area contributed by atoms with Crippen molar-refractivity contribution in [1.82, 2.24) is 9.78 Å². The average molecular weight is 243 g/mol. The number of rotatable bonds is 2. The van der Waals surface area contributed by atoms with Crippen molar-refractivity contribution in [1.29, 1.82) is 0 Å². The zero-order chi connectivity index (χ0) is 11.6. The molecule has 0 aliphatic heterocycles. The van der Waals surface area contributed by atoms with E-state index in [-0.39, 0.29) is 10.4 Å². The summed E-state index contributed by atoms with van der Waals surface area (Å²) in [5.74, 6) is -0.0555. The van der Waals surface area contributed by atoms with Crippen LogP contribution in [-0.4, -0.2) is 23.1 Å². The van der Waals surface area contributed by atoms with Gasteiger partial charge in [0, 0.05) is 0 Å². The predicted octanol–water partition coefficient (Wildman–Crippen LogP) is 1.47. The molecule has 0 fully saturated rings. The van der Waals surface area contributed by atoms with Gasteiger partial charge in [0.2, 0.25) is 0 Å². The lowest BCUT2D eigenvalue weighted by atomic mass is 10.5. The van der Waals surface area contributed by atoms with E-state index in [0.717, 1.165) is 6.20 Å². The second kappa shape index (κ2) is 4.09. The van der Waals surface area contributed by atoms with Gasteiger partial charge in [-0.1, -0.05) is 11.6 Å². The molecule has 15 heavy (non-hydrogen) atoms. The van der Waals surface area contributed by atoms with E-state index in [0.29, 0.717) is 0 Å². The Hall–Kier alpha value is -1.24. The van der Waals surface area contributed by atoms with Crippen LogP contribution in [0.5, 0.6) is 5.75 Å². The lowest BCUT2D eigenvalue weighted by molar-refractivity contribution is -0.143. The lowest BCUT2D eigenvalue weighted by Gasteiger charge is -2.09. The van der Waals surface area contributed by atoms with E-state index in [2.05, 4.69) is 9.84 Å². The molecule has 0 N–H and O–H groups in total. The van der Waals surface area contributed by atoms with E-state index in [1.54, 1.807) is 0 Å². The zero-order valence-corrected chi connectivity index (χ0v) is 8.26. The lowest BCUT2D eigenvalue weighted by Crippen LogP contribution is -2.30. The van der Waals surface area contributed by atoms with Crippen LogP contribution in [-0.2, 0) is 6.54 Å². The maximum Gasteiger partial charge on any atom is 0.408 e. The van der Waals surface area contributed by atoms with Crippen molar-refractivity contribution in [2.75, 3.05) is 7.11 Å². The first-order valence-corrected chi connectivity index (χ1v) is 4.09. The Balaban J connectivity index is 3.13. The van der Waals surface area contributed by atoms with Gasteiger partial charge in [0.05, 0.1) is 13.3 Å². The van der Waals surface area contributed by atoms with Gasteiger partial charge in [-0.15, -0.1) is 0 Å². The molecule has 0 radical (unpaired) electrons. The van der Waals surface area contributed by atoms with E-state index < -0.39 is 23.3 Å². The molecule has 1 aromatic heterocycles. The Kier molecular flexibility index (Phi) is 3.23. The first-order valence-electron chi connectivity index (χ1n) is 3.71. The van der Waals surface area contributed by atoms with Crippen LogP contribution in [0, 0.1) is 0 Å². The van der Waals surface area contributed by atoms with Crippen LogP contribution in [0.1, 0.15) is 0 Å². The van der Waals surface area contributed by atoms with Gasteiger partial charge in [-0.2, -0.15) is 18.3 Å². The topological polar surface area (TPSA) is 44.1 Å². The summed E-state index contributed by atoms with van der Waals surface area (Å²) in [6, 6.07) is 0. The molecule has 0 aromatic carbocycles. The third-order valence-electron chi connectivity index (χ3n) is 1.50. The van der Waals surface area contributed by atoms with E-state index in [4.69, 9.17) is 11.6 Å². The number of nitrogens with zero attached hydrogens (tertiary/aromatic N) is 2. The van der Waals surface area contributed by atoms with E-state index in [9.17, 15) is 18.0 Å². The van der Waals surface area contributed by atoms with Crippen LogP contribution in [0.3, 0.4) is 0 Å². The van der Waals surface area contributed by atoms with Crippen molar-refractivity contribution in [2.45, 2.75) is 12.7 Å². The molecule has 0 saturated heterocycles. The van der Waals surface area contributed by atoms with Gasteiger partial charge in [0.25, 0.3) is 5.56 Å². The van der Waals surface area contributed by atoms with Gasteiger partial charge in [0.15, 0.2) is 10.8 Å². The van der Waals surface area contributed by atoms with Crippen LogP contribution >= 0.6 is 11.6 Å². The summed E-state index contributed by atoms with van der Waals surface area (Å²) < 4.78 is 40.7. The minimum Gasteiger partial charge on any atom is -0.493 e. The predicted molar refractivity (Wildman–Crippen MR) is 46.1 cm³/mol. The minimum absolute atomic E-state index is 0.0555. The molecular weight excluding hydrogens is 237 g/mol.